The molecule has 0 aliphatic rings. The smallest absolute Gasteiger partial charge is 0.131 e. The third-order valence-electron chi connectivity index (χ3n) is 2.72. The molecular formula is C16H29N3. The monoisotopic (exact) mass is 263 g/mol. The highest BCUT2D eigenvalue weighted by atomic mass is 15.2. The van der Waals surface area contributed by atoms with Gasteiger partial charge in [-0.15, -0.1) is 0 Å². The van der Waals surface area contributed by atoms with Crippen LogP contribution < -0.4 is 10.2 Å². The Morgan fingerprint density at radius 3 is 2.26 bits per heavy atom. The Morgan fingerprint density at radius 1 is 1.16 bits per heavy atom. The molecule has 0 radical (unpaired) electrons. The van der Waals surface area contributed by atoms with Crippen molar-refractivity contribution in [1.82, 2.24) is 4.98 Å². The van der Waals surface area contributed by atoms with E-state index in [0.717, 1.165) is 18.2 Å². The van der Waals surface area contributed by atoms with Crippen LogP contribution in [-0.2, 0) is 0 Å². The van der Waals surface area contributed by atoms with Gasteiger partial charge in [-0.1, -0.05) is 19.9 Å². The van der Waals surface area contributed by atoms with Crippen LogP contribution in [0, 0.1) is 5.92 Å². The molecule has 0 fully saturated rings. The minimum absolute atomic E-state index is 0.0341. The van der Waals surface area contributed by atoms with Crippen molar-refractivity contribution in [3.8, 4) is 0 Å². The largest absolute Gasteiger partial charge is 0.365 e. The first-order valence-corrected chi connectivity index (χ1v) is 7.21. The molecule has 1 N–H and O–H groups in total. The van der Waals surface area contributed by atoms with Crippen LogP contribution in [-0.4, -0.2) is 23.1 Å². The maximum atomic E-state index is 4.75. The fourth-order valence-electron chi connectivity index (χ4n) is 2.00. The molecular weight excluding hydrogens is 234 g/mol. The molecule has 1 aromatic heterocycles. The van der Waals surface area contributed by atoms with E-state index in [2.05, 4.69) is 70.8 Å². The van der Waals surface area contributed by atoms with Gasteiger partial charge in [0.05, 0.1) is 0 Å². The number of anilines is 2. The van der Waals surface area contributed by atoms with Gasteiger partial charge in [-0.2, -0.15) is 0 Å². The van der Waals surface area contributed by atoms with E-state index >= 15 is 0 Å². The average molecular weight is 263 g/mol. The zero-order chi connectivity index (χ0) is 14.6. The molecule has 0 saturated carbocycles. The number of hydrogen-bond donors (Lipinski definition) is 1. The van der Waals surface area contributed by atoms with Crippen LogP contribution in [0.2, 0.25) is 0 Å². The van der Waals surface area contributed by atoms with Gasteiger partial charge in [0.2, 0.25) is 0 Å². The van der Waals surface area contributed by atoms with Gasteiger partial charge >= 0.3 is 0 Å². The number of aromatic nitrogens is 1. The Morgan fingerprint density at radius 2 is 1.79 bits per heavy atom. The van der Waals surface area contributed by atoms with Crippen LogP contribution in [0.4, 0.5) is 11.6 Å². The Hall–Kier alpha value is -1.25. The van der Waals surface area contributed by atoms with Crippen LogP contribution in [0.15, 0.2) is 18.2 Å². The number of rotatable bonds is 5. The lowest BCUT2D eigenvalue weighted by atomic mass is 10.1. The lowest BCUT2D eigenvalue weighted by Gasteiger charge is -2.30. The Kier molecular flexibility index (Phi) is 5.21. The molecule has 108 valence electrons. The first-order chi connectivity index (χ1) is 8.69. The summed E-state index contributed by atoms with van der Waals surface area (Å²) in [5.41, 5.74) is 0.0341. The highest BCUT2D eigenvalue weighted by Gasteiger charge is 2.15. The van der Waals surface area contributed by atoms with Crippen molar-refractivity contribution in [2.24, 2.45) is 5.92 Å². The van der Waals surface area contributed by atoms with Crippen molar-refractivity contribution >= 4 is 11.6 Å². The van der Waals surface area contributed by atoms with Crippen molar-refractivity contribution < 1.29 is 0 Å². The molecule has 0 aliphatic heterocycles. The zero-order valence-electron chi connectivity index (χ0n) is 13.5. The molecule has 19 heavy (non-hydrogen) atoms. The minimum Gasteiger partial charge on any atom is -0.365 e. The summed E-state index contributed by atoms with van der Waals surface area (Å²) in [6, 6.07) is 6.66. The second-order valence-electron chi connectivity index (χ2n) is 6.90. The molecule has 0 aliphatic carbocycles. The summed E-state index contributed by atoms with van der Waals surface area (Å²) in [6.07, 6.45) is 0. The molecule has 0 spiro atoms. The van der Waals surface area contributed by atoms with Gasteiger partial charge < -0.3 is 10.2 Å². The van der Waals surface area contributed by atoms with Gasteiger partial charge in [-0.3, -0.25) is 0 Å². The molecule has 0 amide bonds. The van der Waals surface area contributed by atoms with Gasteiger partial charge in [0, 0.05) is 18.1 Å². The lowest BCUT2D eigenvalue weighted by Crippen LogP contribution is -2.35. The maximum absolute atomic E-state index is 4.75. The van der Waals surface area contributed by atoms with E-state index in [0.29, 0.717) is 12.0 Å². The van der Waals surface area contributed by atoms with Crippen LogP contribution in [0.5, 0.6) is 0 Å². The van der Waals surface area contributed by atoms with E-state index in [4.69, 9.17) is 4.98 Å². The molecule has 0 saturated heterocycles. The van der Waals surface area contributed by atoms with Crippen molar-refractivity contribution in [3.05, 3.63) is 18.2 Å². The molecule has 0 atom stereocenters. The Balaban J connectivity index is 2.95. The number of nitrogens with one attached hydrogen (secondary N) is 1. The number of pyridine rings is 1. The fourth-order valence-corrected chi connectivity index (χ4v) is 2.00. The summed E-state index contributed by atoms with van der Waals surface area (Å²) in [4.78, 5) is 7.11. The highest BCUT2D eigenvalue weighted by Crippen LogP contribution is 2.20. The van der Waals surface area contributed by atoms with Gasteiger partial charge in [-0.05, 0) is 52.7 Å². The topological polar surface area (TPSA) is 28.2 Å². The Bertz CT molecular complexity index is 391. The third-order valence-corrected chi connectivity index (χ3v) is 2.72. The molecule has 3 heteroatoms. The van der Waals surface area contributed by atoms with E-state index in [9.17, 15) is 0 Å². The lowest BCUT2D eigenvalue weighted by molar-refractivity contribution is 0.565. The van der Waals surface area contributed by atoms with Crippen LogP contribution in [0.3, 0.4) is 0 Å². The quantitative estimate of drug-likeness (QED) is 0.864. The van der Waals surface area contributed by atoms with Crippen molar-refractivity contribution in [1.29, 1.82) is 0 Å². The van der Waals surface area contributed by atoms with Crippen LogP contribution in [0.25, 0.3) is 0 Å². The molecule has 1 aromatic rings. The second kappa shape index (κ2) is 6.27. The third kappa shape index (κ3) is 5.50. The maximum Gasteiger partial charge on any atom is 0.131 e. The Labute approximate surface area is 118 Å². The predicted octanol–water partition coefficient (Wildman–Crippen LogP) is 4.16. The van der Waals surface area contributed by atoms with Crippen molar-refractivity contribution in [2.75, 3.05) is 16.8 Å². The average Bonchev–Trinajstić information content (AvgIpc) is 2.23. The van der Waals surface area contributed by atoms with Gasteiger partial charge in [-0.25, -0.2) is 4.98 Å². The molecule has 3 nitrogen and oxygen atoms in total. The van der Waals surface area contributed by atoms with Crippen LogP contribution >= 0.6 is 0 Å². The molecule has 0 aromatic carbocycles. The first-order valence-electron chi connectivity index (χ1n) is 7.21. The van der Waals surface area contributed by atoms with Gasteiger partial charge in [0.25, 0.3) is 0 Å². The number of nitrogens with zero attached hydrogens (tertiary/aromatic N) is 2. The summed E-state index contributed by atoms with van der Waals surface area (Å²) in [5.74, 6) is 2.63. The zero-order valence-corrected chi connectivity index (χ0v) is 13.5. The van der Waals surface area contributed by atoms with E-state index in [-0.39, 0.29) is 5.54 Å². The van der Waals surface area contributed by atoms with Gasteiger partial charge in [0.15, 0.2) is 0 Å². The van der Waals surface area contributed by atoms with Crippen LogP contribution in [0.1, 0.15) is 48.5 Å². The number of hydrogen-bond acceptors (Lipinski definition) is 3. The summed E-state index contributed by atoms with van der Waals surface area (Å²) < 4.78 is 0. The summed E-state index contributed by atoms with van der Waals surface area (Å²) in [5, 5.41) is 3.43. The van der Waals surface area contributed by atoms with Crippen molar-refractivity contribution in [2.45, 2.75) is 60.0 Å². The molecule has 1 heterocycles. The van der Waals surface area contributed by atoms with Crippen molar-refractivity contribution in [3.63, 3.8) is 0 Å². The van der Waals surface area contributed by atoms with Gasteiger partial charge in [0.1, 0.15) is 11.6 Å². The van der Waals surface area contributed by atoms with E-state index in [1.54, 1.807) is 0 Å². The van der Waals surface area contributed by atoms with E-state index in [1.165, 1.54) is 0 Å². The first kappa shape index (κ1) is 15.8. The molecule has 0 unspecified atom stereocenters. The van der Waals surface area contributed by atoms with E-state index < -0.39 is 0 Å². The fraction of sp³-hybridized carbons (Fsp3) is 0.688. The summed E-state index contributed by atoms with van der Waals surface area (Å²) in [7, 11) is 0. The predicted molar refractivity (Wildman–Crippen MR) is 84.9 cm³/mol. The minimum atomic E-state index is 0.0341. The normalized spacial score (nSPS) is 12.1. The standard InChI is InChI=1S/C16H29N3/c1-12(2)11-19(13(3)4)15-10-8-9-14(17-15)18-16(5,6)7/h8-10,12-13H,11H2,1-7H3,(H,17,18). The second-order valence-corrected chi connectivity index (χ2v) is 6.90. The molecule has 0 bridgehead atoms. The van der Waals surface area contributed by atoms with E-state index in [1.807, 2.05) is 6.07 Å². The molecule has 1 rings (SSSR count). The highest BCUT2D eigenvalue weighted by molar-refractivity contribution is 5.48. The SMILES string of the molecule is CC(C)CN(c1cccc(NC(C)(C)C)n1)C(C)C. The summed E-state index contributed by atoms with van der Waals surface area (Å²) in [6.45, 7) is 16.4. The summed E-state index contributed by atoms with van der Waals surface area (Å²) >= 11 is 0.